The summed E-state index contributed by atoms with van der Waals surface area (Å²) < 4.78 is 0. The Bertz CT molecular complexity index is 170. The molecule has 5 nitrogen and oxygen atoms in total. The minimum Gasteiger partial charge on any atom is -0.391 e. The van der Waals surface area contributed by atoms with Crippen LogP contribution in [-0.4, -0.2) is 58.5 Å². The summed E-state index contributed by atoms with van der Waals surface area (Å²) in [7, 11) is 3.03. The number of aliphatic hydroxyl groups excluding tert-OH is 3. The molecule has 0 spiro atoms. The third-order valence-electron chi connectivity index (χ3n) is 1.75. The second-order valence-electron chi connectivity index (χ2n) is 3.29. The molecule has 0 heterocycles. The van der Waals surface area contributed by atoms with E-state index in [4.69, 9.17) is 10.2 Å². The number of carbonyl (C=O) groups is 1. The van der Waals surface area contributed by atoms with Crippen LogP contribution in [0, 0.1) is 0 Å². The second-order valence-corrected chi connectivity index (χ2v) is 3.29. The van der Waals surface area contributed by atoms with Gasteiger partial charge in [-0.3, -0.25) is 4.79 Å². The zero-order valence-corrected chi connectivity index (χ0v) is 8.14. The fourth-order valence-corrected chi connectivity index (χ4v) is 0.825. The SMILES string of the molecule is C[C@@H](O)[C@H](O)C[C@@H](O)C(=O)N(C)C. The summed E-state index contributed by atoms with van der Waals surface area (Å²) in [6, 6.07) is 0. The van der Waals surface area contributed by atoms with Crippen LogP contribution in [0.2, 0.25) is 0 Å². The molecule has 0 aliphatic heterocycles. The maximum absolute atomic E-state index is 11.1. The fraction of sp³-hybridized carbons (Fsp3) is 0.875. The summed E-state index contributed by atoms with van der Waals surface area (Å²) in [6.45, 7) is 1.40. The van der Waals surface area contributed by atoms with E-state index < -0.39 is 24.2 Å². The molecule has 0 saturated carbocycles. The largest absolute Gasteiger partial charge is 0.391 e. The Balaban J connectivity index is 4.00. The Morgan fingerprint density at radius 1 is 1.31 bits per heavy atom. The monoisotopic (exact) mass is 191 g/mol. The molecule has 0 fully saturated rings. The lowest BCUT2D eigenvalue weighted by atomic mass is 10.1. The van der Waals surface area contributed by atoms with Crippen molar-refractivity contribution in [2.24, 2.45) is 0 Å². The molecule has 0 aromatic rings. The number of aliphatic hydroxyl groups is 3. The molecule has 0 aromatic heterocycles. The van der Waals surface area contributed by atoms with E-state index in [9.17, 15) is 9.90 Å². The fourth-order valence-electron chi connectivity index (χ4n) is 0.825. The molecule has 3 N–H and O–H groups in total. The van der Waals surface area contributed by atoms with Gasteiger partial charge in [-0.25, -0.2) is 0 Å². The van der Waals surface area contributed by atoms with Crippen molar-refractivity contribution in [3.63, 3.8) is 0 Å². The average Bonchev–Trinajstić information content (AvgIpc) is 2.02. The highest BCUT2D eigenvalue weighted by molar-refractivity contribution is 5.80. The van der Waals surface area contributed by atoms with Crippen LogP contribution < -0.4 is 0 Å². The highest BCUT2D eigenvalue weighted by Gasteiger charge is 2.22. The quantitative estimate of drug-likeness (QED) is 0.509. The van der Waals surface area contributed by atoms with E-state index in [0.29, 0.717) is 0 Å². The van der Waals surface area contributed by atoms with Crippen molar-refractivity contribution in [2.75, 3.05) is 14.1 Å². The maximum atomic E-state index is 11.1. The van der Waals surface area contributed by atoms with Gasteiger partial charge in [-0.15, -0.1) is 0 Å². The van der Waals surface area contributed by atoms with Gasteiger partial charge in [0.15, 0.2) is 0 Å². The first-order valence-electron chi connectivity index (χ1n) is 4.11. The van der Waals surface area contributed by atoms with Crippen LogP contribution in [0.15, 0.2) is 0 Å². The Morgan fingerprint density at radius 2 is 1.77 bits per heavy atom. The Labute approximate surface area is 77.6 Å². The van der Waals surface area contributed by atoms with E-state index in [0.717, 1.165) is 0 Å². The third kappa shape index (κ3) is 4.21. The van der Waals surface area contributed by atoms with E-state index in [1.165, 1.54) is 25.9 Å². The molecule has 0 bridgehead atoms. The first-order valence-corrected chi connectivity index (χ1v) is 4.11. The van der Waals surface area contributed by atoms with Crippen LogP contribution in [0.4, 0.5) is 0 Å². The molecule has 1 amide bonds. The van der Waals surface area contributed by atoms with Crippen molar-refractivity contribution in [3.05, 3.63) is 0 Å². The molecule has 0 radical (unpaired) electrons. The van der Waals surface area contributed by atoms with E-state index in [1.54, 1.807) is 0 Å². The van der Waals surface area contributed by atoms with Gasteiger partial charge in [-0.05, 0) is 6.92 Å². The van der Waals surface area contributed by atoms with Crippen molar-refractivity contribution >= 4 is 5.91 Å². The first kappa shape index (κ1) is 12.3. The highest BCUT2D eigenvalue weighted by Crippen LogP contribution is 2.04. The molecular weight excluding hydrogens is 174 g/mol. The minimum absolute atomic E-state index is 0.144. The van der Waals surface area contributed by atoms with Crippen LogP contribution in [0.1, 0.15) is 13.3 Å². The third-order valence-corrected chi connectivity index (χ3v) is 1.75. The van der Waals surface area contributed by atoms with Crippen LogP contribution in [0.25, 0.3) is 0 Å². The number of hydrogen-bond donors (Lipinski definition) is 3. The summed E-state index contributed by atoms with van der Waals surface area (Å²) in [6.07, 6.45) is -3.41. The standard InChI is InChI=1S/C8H17NO4/c1-5(10)6(11)4-7(12)8(13)9(2)3/h5-7,10-12H,4H2,1-3H3/t5-,6-,7-/m1/s1. The Hall–Kier alpha value is -0.650. The van der Waals surface area contributed by atoms with Crippen LogP contribution in [0.5, 0.6) is 0 Å². The number of carbonyl (C=O) groups excluding carboxylic acids is 1. The zero-order valence-electron chi connectivity index (χ0n) is 8.14. The Morgan fingerprint density at radius 3 is 2.08 bits per heavy atom. The van der Waals surface area contributed by atoms with Gasteiger partial charge in [0, 0.05) is 20.5 Å². The lowest BCUT2D eigenvalue weighted by Crippen LogP contribution is -2.38. The number of rotatable bonds is 4. The summed E-state index contributed by atoms with van der Waals surface area (Å²) in [5.41, 5.74) is 0. The molecule has 0 rings (SSSR count). The van der Waals surface area contributed by atoms with Crippen molar-refractivity contribution in [3.8, 4) is 0 Å². The molecule has 0 saturated heterocycles. The zero-order chi connectivity index (χ0) is 10.6. The van der Waals surface area contributed by atoms with Gasteiger partial charge in [0.2, 0.25) is 0 Å². The summed E-state index contributed by atoms with van der Waals surface area (Å²) in [5.74, 6) is -0.472. The van der Waals surface area contributed by atoms with Crippen molar-refractivity contribution in [1.29, 1.82) is 0 Å². The van der Waals surface area contributed by atoms with Gasteiger partial charge >= 0.3 is 0 Å². The van der Waals surface area contributed by atoms with Crippen LogP contribution in [0.3, 0.4) is 0 Å². The van der Waals surface area contributed by atoms with Gasteiger partial charge in [0.1, 0.15) is 6.10 Å². The molecule has 0 unspecified atom stereocenters. The van der Waals surface area contributed by atoms with Crippen molar-refractivity contribution in [1.82, 2.24) is 4.90 Å². The molecule has 78 valence electrons. The molecule has 0 aliphatic carbocycles. The Kier molecular flexibility index (Phi) is 4.90. The van der Waals surface area contributed by atoms with Gasteiger partial charge in [-0.1, -0.05) is 0 Å². The minimum atomic E-state index is -1.25. The molecule has 0 aromatic carbocycles. The summed E-state index contributed by atoms with van der Waals surface area (Å²) in [5, 5.41) is 27.3. The van der Waals surface area contributed by atoms with Crippen molar-refractivity contribution in [2.45, 2.75) is 31.7 Å². The van der Waals surface area contributed by atoms with E-state index in [2.05, 4.69) is 0 Å². The molecule has 3 atom stereocenters. The number of hydrogen-bond acceptors (Lipinski definition) is 4. The summed E-state index contributed by atoms with van der Waals surface area (Å²) in [4.78, 5) is 12.3. The second kappa shape index (κ2) is 5.16. The molecule has 5 heteroatoms. The predicted octanol–water partition coefficient (Wildman–Crippen LogP) is -1.43. The molecule has 0 aliphatic rings. The van der Waals surface area contributed by atoms with E-state index >= 15 is 0 Å². The smallest absolute Gasteiger partial charge is 0.250 e. The summed E-state index contributed by atoms with van der Waals surface area (Å²) >= 11 is 0. The number of nitrogens with zero attached hydrogens (tertiary/aromatic N) is 1. The van der Waals surface area contributed by atoms with Crippen molar-refractivity contribution < 1.29 is 20.1 Å². The number of likely N-dealkylation sites (N-methyl/N-ethyl adjacent to an activating group) is 1. The molecule has 13 heavy (non-hydrogen) atoms. The van der Waals surface area contributed by atoms with Gasteiger partial charge in [0.25, 0.3) is 5.91 Å². The van der Waals surface area contributed by atoms with Gasteiger partial charge < -0.3 is 20.2 Å². The van der Waals surface area contributed by atoms with E-state index in [1.807, 2.05) is 0 Å². The lowest BCUT2D eigenvalue weighted by Gasteiger charge is -2.19. The number of amides is 1. The molecular formula is C8H17NO4. The lowest BCUT2D eigenvalue weighted by molar-refractivity contribution is -0.140. The van der Waals surface area contributed by atoms with Gasteiger partial charge in [-0.2, -0.15) is 0 Å². The maximum Gasteiger partial charge on any atom is 0.250 e. The first-order chi connectivity index (χ1) is 5.86. The normalized spacial score (nSPS) is 17.7. The topological polar surface area (TPSA) is 81.0 Å². The predicted molar refractivity (Wildman–Crippen MR) is 47.0 cm³/mol. The average molecular weight is 191 g/mol. The van der Waals surface area contributed by atoms with Gasteiger partial charge in [0.05, 0.1) is 12.2 Å². The highest BCUT2D eigenvalue weighted by atomic mass is 16.3. The van der Waals surface area contributed by atoms with Crippen LogP contribution >= 0.6 is 0 Å². The van der Waals surface area contributed by atoms with E-state index in [-0.39, 0.29) is 6.42 Å². The van der Waals surface area contributed by atoms with Crippen LogP contribution in [-0.2, 0) is 4.79 Å².